The van der Waals surface area contributed by atoms with Crippen LogP contribution >= 0.6 is 34.2 Å². The van der Waals surface area contributed by atoms with Crippen LogP contribution in [0.15, 0.2) is 12.3 Å². The Bertz CT molecular complexity index is 367. The Morgan fingerprint density at radius 3 is 2.69 bits per heavy atom. The summed E-state index contributed by atoms with van der Waals surface area (Å²) >= 11 is 8.11. The van der Waals surface area contributed by atoms with E-state index in [0.717, 1.165) is 35.1 Å². The second kappa shape index (κ2) is 5.51. The Hall–Kier alpha value is -0.0700. The first-order valence-electron chi connectivity index (χ1n) is 5.41. The summed E-state index contributed by atoms with van der Waals surface area (Å²) in [5.41, 5.74) is 0. The van der Waals surface area contributed by atoms with E-state index >= 15 is 0 Å². The third-order valence-electron chi connectivity index (χ3n) is 2.86. The summed E-state index contributed by atoms with van der Waals surface area (Å²) in [6.45, 7) is 0. The number of nitrogens with one attached hydrogen (secondary N) is 1. The van der Waals surface area contributed by atoms with E-state index in [9.17, 15) is 5.11 Å². The van der Waals surface area contributed by atoms with E-state index < -0.39 is 0 Å². The van der Waals surface area contributed by atoms with Crippen molar-refractivity contribution < 1.29 is 5.11 Å². The second-order valence-electron chi connectivity index (χ2n) is 4.13. The first-order valence-corrected chi connectivity index (χ1v) is 6.86. The highest BCUT2D eigenvalue weighted by molar-refractivity contribution is 14.1. The molecule has 1 fully saturated rings. The van der Waals surface area contributed by atoms with Gasteiger partial charge in [0.1, 0.15) is 5.82 Å². The molecule has 0 atom stereocenters. The molecule has 1 aliphatic carbocycles. The molecular weight excluding hydrogens is 338 g/mol. The van der Waals surface area contributed by atoms with Crippen molar-refractivity contribution in [2.24, 2.45) is 0 Å². The molecular formula is C11H14ClIN2O. The highest BCUT2D eigenvalue weighted by Gasteiger charge is 2.19. The topological polar surface area (TPSA) is 45.1 Å². The molecule has 0 aliphatic heterocycles. The highest BCUT2D eigenvalue weighted by atomic mass is 127. The van der Waals surface area contributed by atoms with Gasteiger partial charge in [-0.1, -0.05) is 11.6 Å². The maximum Gasteiger partial charge on any atom is 0.127 e. The van der Waals surface area contributed by atoms with Crippen LogP contribution in [0.2, 0.25) is 5.02 Å². The van der Waals surface area contributed by atoms with Crippen LogP contribution < -0.4 is 5.32 Å². The molecule has 1 aromatic heterocycles. The zero-order chi connectivity index (χ0) is 11.5. The molecule has 0 radical (unpaired) electrons. The number of aromatic nitrogens is 1. The molecule has 1 aliphatic rings. The number of anilines is 1. The monoisotopic (exact) mass is 352 g/mol. The summed E-state index contributed by atoms with van der Waals surface area (Å²) in [4.78, 5) is 4.24. The molecule has 1 aromatic rings. The predicted octanol–water partition coefficient (Wildman–Crippen LogP) is 3.06. The molecule has 0 amide bonds. The molecule has 0 spiro atoms. The van der Waals surface area contributed by atoms with Gasteiger partial charge in [-0.25, -0.2) is 4.98 Å². The lowest BCUT2D eigenvalue weighted by Gasteiger charge is -2.26. The average molecular weight is 353 g/mol. The fourth-order valence-electron chi connectivity index (χ4n) is 1.92. The normalized spacial score (nSPS) is 25.4. The van der Waals surface area contributed by atoms with Crippen LogP contribution in [0.1, 0.15) is 25.7 Å². The van der Waals surface area contributed by atoms with Gasteiger partial charge in [0.25, 0.3) is 0 Å². The molecule has 1 saturated carbocycles. The Labute approximate surface area is 114 Å². The van der Waals surface area contributed by atoms with Crippen molar-refractivity contribution in [2.45, 2.75) is 37.8 Å². The third-order valence-corrected chi connectivity index (χ3v) is 4.37. The standard InChI is InChI=1S/C11H14ClIN2O/c12-9-6-14-11(5-10(9)13)15-7-1-3-8(16)4-2-7/h5-8,16H,1-4H2,(H,14,15)/t7-,8-. The Morgan fingerprint density at radius 2 is 2.06 bits per heavy atom. The molecule has 2 rings (SSSR count). The summed E-state index contributed by atoms with van der Waals surface area (Å²) in [6.07, 6.45) is 5.31. The van der Waals surface area contributed by atoms with Gasteiger partial charge < -0.3 is 10.4 Å². The van der Waals surface area contributed by atoms with Gasteiger partial charge in [0, 0.05) is 15.8 Å². The van der Waals surface area contributed by atoms with E-state index in [4.69, 9.17) is 11.6 Å². The molecule has 0 aromatic carbocycles. The SMILES string of the molecule is O[C@H]1CC[C@H](Nc2cc(I)c(Cl)cn2)CC1. The molecule has 3 nitrogen and oxygen atoms in total. The number of pyridine rings is 1. The van der Waals surface area contributed by atoms with Crippen LogP contribution in [-0.4, -0.2) is 22.2 Å². The van der Waals surface area contributed by atoms with E-state index in [1.165, 1.54) is 0 Å². The lowest BCUT2D eigenvalue weighted by molar-refractivity contribution is 0.126. The molecule has 1 heterocycles. The van der Waals surface area contributed by atoms with Crippen molar-refractivity contribution in [3.63, 3.8) is 0 Å². The zero-order valence-corrected chi connectivity index (χ0v) is 11.7. The summed E-state index contributed by atoms with van der Waals surface area (Å²) < 4.78 is 1.01. The van der Waals surface area contributed by atoms with Gasteiger partial charge in [0.15, 0.2) is 0 Å². The van der Waals surface area contributed by atoms with E-state index in [2.05, 4.69) is 32.9 Å². The van der Waals surface area contributed by atoms with Crippen LogP contribution in [0.4, 0.5) is 5.82 Å². The van der Waals surface area contributed by atoms with Gasteiger partial charge in [0.2, 0.25) is 0 Å². The van der Waals surface area contributed by atoms with Crippen LogP contribution in [0.25, 0.3) is 0 Å². The lowest BCUT2D eigenvalue weighted by atomic mass is 9.93. The maximum atomic E-state index is 9.41. The van der Waals surface area contributed by atoms with Gasteiger partial charge in [-0.05, 0) is 54.3 Å². The van der Waals surface area contributed by atoms with Crippen LogP contribution in [0.3, 0.4) is 0 Å². The van der Waals surface area contributed by atoms with Gasteiger partial charge >= 0.3 is 0 Å². The van der Waals surface area contributed by atoms with Crippen LogP contribution in [0, 0.1) is 3.57 Å². The van der Waals surface area contributed by atoms with Gasteiger partial charge in [-0.3, -0.25) is 0 Å². The van der Waals surface area contributed by atoms with Crippen LogP contribution in [0.5, 0.6) is 0 Å². The average Bonchev–Trinajstić information content (AvgIpc) is 2.27. The minimum atomic E-state index is -0.114. The number of halogens is 2. The van der Waals surface area contributed by atoms with E-state index in [0.29, 0.717) is 11.1 Å². The van der Waals surface area contributed by atoms with E-state index in [1.807, 2.05) is 6.07 Å². The van der Waals surface area contributed by atoms with Crippen molar-refractivity contribution in [1.29, 1.82) is 0 Å². The molecule has 0 unspecified atom stereocenters. The predicted molar refractivity (Wildman–Crippen MR) is 73.8 cm³/mol. The zero-order valence-electron chi connectivity index (χ0n) is 8.79. The maximum absolute atomic E-state index is 9.41. The molecule has 5 heteroatoms. The third kappa shape index (κ3) is 3.21. The molecule has 0 bridgehead atoms. The van der Waals surface area contributed by atoms with Gasteiger partial charge in [-0.2, -0.15) is 0 Å². The number of nitrogens with zero attached hydrogens (tertiary/aromatic N) is 1. The Morgan fingerprint density at radius 1 is 1.38 bits per heavy atom. The molecule has 88 valence electrons. The fourth-order valence-corrected chi connectivity index (χ4v) is 2.46. The smallest absolute Gasteiger partial charge is 0.127 e. The number of hydrogen-bond donors (Lipinski definition) is 2. The summed E-state index contributed by atoms with van der Waals surface area (Å²) in [7, 11) is 0. The number of aliphatic hydroxyl groups excluding tert-OH is 1. The first kappa shape index (κ1) is 12.4. The largest absolute Gasteiger partial charge is 0.393 e. The quantitative estimate of drug-likeness (QED) is 0.804. The summed E-state index contributed by atoms with van der Waals surface area (Å²) in [5.74, 6) is 0.871. The lowest BCUT2D eigenvalue weighted by Crippen LogP contribution is -2.28. The van der Waals surface area contributed by atoms with Crippen molar-refractivity contribution in [2.75, 3.05) is 5.32 Å². The minimum Gasteiger partial charge on any atom is -0.393 e. The summed E-state index contributed by atoms with van der Waals surface area (Å²) in [6, 6.07) is 2.38. The molecule has 16 heavy (non-hydrogen) atoms. The first-order chi connectivity index (χ1) is 7.65. The van der Waals surface area contributed by atoms with Crippen molar-refractivity contribution in [3.8, 4) is 0 Å². The van der Waals surface area contributed by atoms with Gasteiger partial charge in [0.05, 0.1) is 11.1 Å². The van der Waals surface area contributed by atoms with Crippen molar-refractivity contribution in [1.82, 2.24) is 4.98 Å². The van der Waals surface area contributed by atoms with E-state index in [-0.39, 0.29) is 6.10 Å². The van der Waals surface area contributed by atoms with E-state index in [1.54, 1.807) is 6.20 Å². The van der Waals surface area contributed by atoms with Crippen molar-refractivity contribution >= 4 is 40.0 Å². The second-order valence-corrected chi connectivity index (χ2v) is 5.70. The highest BCUT2D eigenvalue weighted by Crippen LogP contribution is 2.24. The van der Waals surface area contributed by atoms with Crippen molar-refractivity contribution in [3.05, 3.63) is 20.9 Å². The Balaban J connectivity index is 1.96. The van der Waals surface area contributed by atoms with Crippen LogP contribution in [-0.2, 0) is 0 Å². The minimum absolute atomic E-state index is 0.114. The molecule has 0 saturated heterocycles. The Kier molecular flexibility index (Phi) is 4.27. The fraction of sp³-hybridized carbons (Fsp3) is 0.545. The number of hydrogen-bond acceptors (Lipinski definition) is 3. The molecule has 2 N–H and O–H groups in total. The number of aliphatic hydroxyl groups is 1. The number of rotatable bonds is 2. The van der Waals surface area contributed by atoms with Gasteiger partial charge in [-0.15, -0.1) is 0 Å². The summed E-state index contributed by atoms with van der Waals surface area (Å²) in [5, 5.41) is 13.5.